The number of aryl methyl sites for hydroxylation is 1. The molecule has 0 N–H and O–H groups in total. The SMILES string of the molecule is Cc1nn(-c2ccccc2)c(Cl)c1/C=C/C(=O)OCC(=O)N1CCCC(C)C1. The molecule has 28 heavy (non-hydrogen) atoms. The molecule has 1 saturated heterocycles. The number of aromatic nitrogens is 2. The summed E-state index contributed by atoms with van der Waals surface area (Å²) < 4.78 is 6.71. The summed E-state index contributed by atoms with van der Waals surface area (Å²) in [7, 11) is 0. The van der Waals surface area contributed by atoms with Gasteiger partial charge in [0, 0.05) is 24.7 Å². The largest absolute Gasteiger partial charge is 0.452 e. The average molecular weight is 402 g/mol. The van der Waals surface area contributed by atoms with Crippen molar-refractivity contribution < 1.29 is 14.3 Å². The van der Waals surface area contributed by atoms with Crippen LogP contribution in [0.4, 0.5) is 0 Å². The molecule has 0 aliphatic carbocycles. The van der Waals surface area contributed by atoms with E-state index in [1.54, 1.807) is 15.7 Å². The number of piperidine rings is 1. The number of rotatable bonds is 5. The molecule has 1 atom stereocenters. The zero-order chi connectivity index (χ0) is 20.1. The Balaban J connectivity index is 1.60. The summed E-state index contributed by atoms with van der Waals surface area (Å²) >= 11 is 6.43. The van der Waals surface area contributed by atoms with Crippen LogP contribution in [0, 0.1) is 12.8 Å². The van der Waals surface area contributed by atoms with E-state index in [2.05, 4.69) is 12.0 Å². The van der Waals surface area contributed by atoms with Crippen LogP contribution in [0.3, 0.4) is 0 Å². The van der Waals surface area contributed by atoms with E-state index in [1.807, 2.05) is 37.3 Å². The summed E-state index contributed by atoms with van der Waals surface area (Å²) in [6, 6.07) is 9.50. The van der Waals surface area contributed by atoms with E-state index < -0.39 is 5.97 Å². The maximum absolute atomic E-state index is 12.2. The second-order valence-electron chi connectivity index (χ2n) is 7.07. The Bertz CT molecular complexity index is 877. The van der Waals surface area contributed by atoms with E-state index in [4.69, 9.17) is 16.3 Å². The Kier molecular flexibility index (Phi) is 6.52. The first-order chi connectivity index (χ1) is 13.5. The minimum Gasteiger partial charge on any atom is -0.452 e. The molecule has 1 unspecified atom stereocenters. The molecule has 1 aromatic carbocycles. The fraction of sp³-hybridized carbons (Fsp3) is 0.381. The first kappa shape index (κ1) is 20.1. The number of carbonyl (C=O) groups excluding carboxylic acids is 2. The van der Waals surface area contributed by atoms with Crippen LogP contribution in [0.2, 0.25) is 5.15 Å². The third kappa shape index (κ3) is 4.81. The van der Waals surface area contributed by atoms with Gasteiger partial charge < -0.3 is 9.64 Å². The minimum absolute atomic E-state index is 0.153. The average Bonchev–Trinajstić information content (AvgIpc) is 2.98. The molecule has 1 aliphatic rings. The van der Waals surface area contributed by atoms with E-state index in [1.165, 1.54) is 6.08 Å². The molecule has 0 spiro atoms. The van der Waals surface area contributed by atoms with Crippen LogP contribution in [-0.4, -0.2) is 46.3 Å². The number of carbonyl (C=O) groups is 2. The number of benzene rings is 1. The lowest BCUT2D eigenvalue weighted by Crippen LogP contribution is -2.41. The maximum Gasteiger partial charge on any atom is 0.331 e. The van der Waals surface area contributed by atoms with Crippen LogP contribution in [0.25, 0.3) is 11.8 Å². The van der Waals surface area contributed by atoms with Gasteiger partial charge in [0.05, 0.1) is 11.4 Å². The number of halogens is 1. The monoisotopic (exact) mass is 401 g/mol. The lowest BCUT2D eigenvalue weighted by atomic mass is 10.0. The van der Waals surface area contributed by atoms with Crippen LogP contribution in [0.15, 0.2) is 36.4 Å². The molecule has 7 heteroatoms. The minimum atomic E-state index is -0.582. The third-order valence-corrected chi connectivity index (χ3v) is 5.15. The highest BCUT2D eigenvalue weighted by atomic mass is 35.5. The number of amides is 1. The summed E-state index contributed by atoms with van der Waals surface area (Å²) in [6.07, 6.45) is 4.96. The molecule has 1 amide bonds. The van der Waals surface area contributed by atoms with Crippen molar-refractivity contribution in [2.75, 3.05) is 19.7 Å². The third-order valence-electron chi connectivity index (χ3n) is 4.78. The highest BCUT2D eigenvalue weighted by Crippen LogP contribution is 2.24. The van der Waals surface area contributed by atoms with Crippen LogP contribution in [0.5, 0.6) is 0 Å². The quantitative estimate of drug-likeness (QED) is 0.566. The van der Waals surface area contributed by atoms with Gasteiger partial charge in [-0.2, -0.15) is 5.10 Å². The van der Waals surface area contributed by atoms with Crippen molar-refractivity contribution in [3.05, 3.63) is 52.8 Å². The Morgan fingerprint density at radius 3 is 2.79 bits per heavy atom. The van der Waals surface area contributed by atoms with Crippen molar-refractivity contribution in [1.82, 2.24) is 14.7 Å². The van der Waals surface area contributed by atoms with E-state index in [-0.39, 0.29) is 12.5 Å². The first-order valence-corrected chi connectivity index (χ1v) is 9.76. The van der Waals surface area contributed by atoms with Crippen molar-refractivity contribution >= 4 is 29.6 Å². The van der Waals surface area contributed by atoms with Crippen molar-refractivity contribution in [3.63, 3.8) is 0 Å². The van der Waals surface area contributed by atoms with Crippen LogP contribution in [0.1, 0.15) is 31.0 Å². The first-order valence-electron chi connectivity index (χ1n) is 9.39. The predicted octanol–water partition coefficient (Wildman–Crippen LogP) is 3.65. The van der Waals surface area contributed by atoms with Gasteiger partial charge in [0.15, 0.2) is 6.61 Å². The van der Waals surface area contributed by atoms with Gasteiger partial charge in [-0.05, 0) is 43.9 Å². The summed E-state index contributed by atoms with van der Waals surface area (Å²) in [4.78, 5) is 26.0. The fourth-order valence-electron chi connectivity index (χ4n) is 3.28. The van der Waals surface area contributed by atoms with Gasteiger partial charge in [0.1, 0.15) is 5.15 Å². The standard InChI is InChI=1S/C21H24ClN3O3/c1-15-7-6-12-24(13-15)19(26)14-28-20(27)11-10-18-16(2)23-25(21(18)22)17-8-4-3-5-9-17/h3-5,8-11,15H,6-7,12-14H2,1-2H3/b11-10+. The molecular weight excluding hydrogens is 378 g/mol. The van der Waals surface area contributed by atoms with Crippen molar-refractivity contribution in [3.8, 4) is 5.69 Å². The van der Waals surface area contributed by atoms with Crippen LogP contribution >= 0.6 is 11.6 Å². The molecule has 0 radical (unpaired) electrons. The molecular formula is C21H24ClN3O3. The molecule has 2 aromatic rings. The van der Waals surface area contributed by atoms with Gasteiger partial charge in [-0.1, -0.05) is 36.7 Å². The maximum atomic E-state index is 12.2. The topological polar surface area (TPSA) is 64.4 Å². The van der Waals surface area contributed by atoms with E-state index >= 15 is 0 Å². The lowest BCUT2D eigenvalue weighted by Gasteiger charge is -2.30. The second kappa shape index (κ2) is 9.06. The number of para-hydroxylation sites is 1. The molecule has 1 aliphatic heterocycles. The number of esters is 1. The predicted molar refractivity (Wildman–Crippen MR) is 108 cm³/mol. The van der Waals surface area contributed by atoms with Gasteiger partial charge in [0.2, 0.25) is 0 Å². The Morgan fingerprint density at radius 1 is 1.32 bits per heavy atom. The summed E-state index contributed by atoms with van der Waals surface area (Å²) in [5.74, 6) is -0.250. The smallest absolute Gasteiger partial charge is 0.331 e. The normalized spacial score (nSPS) is 17.1. The number of hydrogen-bond donors (Lipinski definition) is 0. The Morgan fingerprint density at radius 2 is 2.07 bits per heavy atom. The highest BCUT2D eigenvalue weighted by Gasteiger charge is 2.21. The van der Waals surface area contributed by atoms with Gasteiger partial charge in [-0.15, -0.1) is 0 Å². The molecule has 0 bridgehead atoms. The van der Waals surface area contributed by atoms with Crippen molar-refractivity contribution in [2.24, 2.45) is 5.92 Å². The lowest BCUT2D eigenvalue weighted by molar-refractivity contribution is -0.149. The van der Waals surface area contributed by atoms with Crippen LogP contribution < -0.4 is 0 Å². The zero-order valence-electron chi connectivity index (χ0n) is 16.1. The van der Waals surface area contributed by atoms with E-state index in [9.17, 15) is 9.59 Å². The van der Waals surface area contributed by atoms with Crippen LogP contribution in [-0.2, 0) is 14.3 Å². The summed E-state index contributed by atoms with van der Waals surface area (Å²) in [5, 5.41) is 4.83. The fourth-order valence-corrected chi connectivity index (χ4v) is 3.62. The number of likely N-dealkylation sites (tertiary alicyclic amines) is 1. The Labute approximate surface area is 169 Å². The van der Waals surface area contributed by atoms with Crippen molar-refractivity contribution in [1.29, 1.82) is 0 Å². The van der Waals surface area contributed by atoms with E-state index in [0.717, 1.165) is 31.6 Å². The van der Waals surface area contributed by atoms with Crippen molar-refractivity contribution in [2.45, 2.75) is 26.7 Å². The number of ether oxygens (including phenoxy) is 1. The van der Waals surface area contributed by atoms with Gasteiger partial charge >= 0.3 is 5.97 Å². The highest BCUT2D eigenvalue weighted by molar-refractivity contribution is 6.31. The molecule has 1 aromatic heterocycles. The second-order valence-corrected chi connectivity index (χ2v) is 7.42. The van der Waals surface area contributed by atoms with Gasteiger partial charge in [-0.3, -0.25) is 4.79 Å². The Hall–Kier alpha value is -2.60. The zero-order valence-corrected chi connectivity index (χ0v) is 16.9. The molecule has 1 fully saturated rings. The number of nitrogens with zero attached hydrogens (tertiary/aromatic N) is 3. The molecule has 2 heterocycles. The molecule has 0 saturated carbocycles. The van der Waals surface area contributed by atoms with Gasteiger partial charge in [-0.25, -0.2) is 9.48 Å². The number of hydrogen-bond acceptors (Lipinski definition) is 4. The van der Waals surface area contributed by atoms with Gasteiger partial charge in [0.25, 0.3) is 5.91 Å². The van der Waals surface area contributed by atoms with E-state index in [0.29, 0.717) is 22.3 Å². The molecule has 148 valence electrons. The molecule has 3 rings (SSSR count). The molecule has 6 nitrogen and oxygen atoms in total. The summed E-state index contributed by atoms with van der Waals surface area (Å²) in [6.45, 7) is 5.14. The summed E-state index contributed by atoms with van der Waals surface area (Å²) in [5.41, 5.74) is 2.16.